The van der Waals surface area contributed by atoms with Crippen LogP contribution in [0.3, 0.4) is 0 Å². The maximum absolute atomic E-state index is 11.6. The van der Waals surface area contributed by atoms with Crippen LogP contribution in [0.5, 0.6) is 0 Å². The third-order valence-electron chi connectivity index (χ3n) is 3.39. The Morgan fingerprint density at radius 1 is 1.43 bits per heavy atom. The van der Waals surface area contributed by atoms with Crippen molar-refractivity contribution in [3.8, 4) is 0 Å². The summed E-state index contributed by atoms with van der Waals surface area (Å²) in [5.41, 5.74) is 3.92. The van der Waals surface area contributed by atoms with Gasteiger partial charge in [0.25, 0.3) is 0 Å². The summed E-state index contributed by atoms with van der Waals surface area (Å²) >= 11 is 0. The SMILES string of the molecule is CCOC(=O)[C@]1(C(N)=O)C[C@]1(C)CC. The Hall–Kier alpha value is -1.06. The molecule has 0 aromatic heterocycles. The number of esters is 1. The van der Waals surface area contributed by atoms with E-state index in [1.54, 1.807) is 6.92 Å². The van der Waals surface area contributed by atoms with Crippen molar-refractivity contribution in [1.82, 2.24) is 0 Å². The molecule has 2 N–H and O–H groups in total. The van der Waals surface area contributed by atoms with E-state index in [1.807, 2.05) is 13.8 Å². The van der Waals surface area contributed by atoms with Gasteiger partial charge in [-0.2, -0.15) is 0 Å². The highest BCUT2D eigenvalue weighted by Crippen LogP contribution is 2.66. The number of hydrogen-bond acceptors (Lipinski definition) is 3. The first-order valence-corrected chi connectivity index (χ1v) is 4.91. The van der Waals surface area contributed by atoms with Gasteiger partial charge >= 0.3 is 5.97 Å². The predicted octanol–water partition coefficient (Wildman–Crippen LogP) is 0.841. The fraction of sp³-hybridized carbons (Fsp3) is 0.800. The molecule has 0 aromatic rings. The summed E-state index contributed by atoms with van der Waals surface area (Å²) in [4.78, 5) is 22.9. The fourth-order valence-electron chi connectivity index (χ4n) is 2.03. The van der Waals surface area contributed by atoms with Gasteiger partial charge in [0.2, 0.25) is 5.91 Å². The van der Waals surface area contributed by atoms with Crippen molar-refractivity contribution in [2.75, 3.05) is 6.61 Å². The molecule has 4 nitrogen and oxygen atoms in total. The molecule has 4 heteroatoms. The lowest BCUT2D eigenvalue weighted by Crippen LogP contribution is -2.37. The standard InChI is InChI=1S/C10H17NO3/c1-4-9(3)6-10(9,7(11)12)8(13)14-5-2/h4-6H2,1-3H3,(H2,11,12)/t9-,10+/m0/s1. The molecule has 1 aliphatic carbocycles. The first-order valence-electron chi connectivity index (χ1n) is 4.91. The van der Waals surface area contributed by atoms with Crippen molar-refractivity contribution in [1.29, 1.82) is 0 Å². The molecule has 0 heterocycles. The van der Waals surface area contributed by atoms with Crippen molar-refractivity contribution < 1.29 is 14.3 Å². The molecule has 0 radical (unpaired) electrons. The van der Waals surface area contributed by atoms with Gasteiger partial charge in [0.15, 0.2) is 5.41 Å². The number of carbonyl (C=O) groups excluding carboxylic acids is 2. The first-order chi connectivity index (χ1) is 6.44. The Morgan fingerprint density at radius 3 is 2.29 bits per heavy atom. The Bertz CT molecular complexity index is 277. The summed E-state index contributed by atoms with van der Waals surface area (Å²) in [5, 5.41) is 0. The van der Waals surface area contributed by atoms with Gasteiger partial charge in [0.05, 0.1) is 6.61 Å². The number of hydrogen-bond donors (Lipinski definition) is 1. The summed E-state index contributed by atoms with van der Waals surface area (Å²) in [6.07, 6.45) is 1.28. The van der Waals surface area contributed by atoms with Crippen LogP contribution < -0.4 is 5.73 Å². The zero-order chi connectivity index (χ0) is 11.0. The Kier molecular flexibility index (Phi) is 2.56. The van der Waals surface area contributed by atoms with E-state index in [0.717, 1.165) is 6.42 Å². The van der Waals surface area contributed by atoms with Gasteiger partial charge in [-0.3, -0.25) is 9.59 Å². The Morgan fingerprint density at radius 2 is 2.00 bits per heavy atom. The van der Waals surface area contributed by atoms with Crippen LogP contribution >= 0.6 is 0 Å². The van der Waals surface area contributed by atoms with Crippen LogP contribution in [0.25, 0.3) is 0 Å². The highest BCUT2D eigenvalue weighted by Gasteiger charge is 2.73. The van der Waals surface area contributed by atoms with E-state index >= 15 is 0 Å². The normalized spacial score (nSPS) is 35.1. The lowest BCUT2D eigenvalue weighted by Gasteiger charge is -2.16. The first kappa shape index (κ1) is 11.0. The van der Waals surface area contributed by atoms with E-state index in [1.165, 1.54) is 0 Å². The number of nitrogens with two attached hydrogens (primary N) is 1. The van der Waals surface area contributed by atoms with Gasteiger partial charge in [-0.15, -0.1) is 0 Å². The summed E-state index contributed by atoms with van der Waals surface area (Å²) in [7, 11) is 0. The van der Waals surface area contributed by atoms with Gasteiger partial charge < -0.3 is 10.5 Å². The summed E-state index contributed by atoms with van der Waals surface area (Å²) in [6.45, 7) is 5.85. The van der Waals surface area contributed by atoms with Crippen molar-refractivity contribution in [2.45, 2.75) is 33.6 Å². The minimum absolute atomic E-state index is 0.285. The third kappa shape index (κ3) is 1.21. The molecule has 1 saturated carbocycles. The smallest absolute Gasteiger partial charge is 0.322 e. The average Bonchev–Trinajstić information content (AvgIpc) is 2.75. The van der Waals surface area contributed by atoms with Gasteiger partial charge in [-0.25, -0.2) is 0 Å². The molecule has 2 atom stereocenters. The summed E-state index contributed by atoms with van der Waals surface area (Å²) < 4.78 is 4.89. The highest BCUT2D eigenvalue weighted by molar-refractivity contribution is 6.06. The second-order valence-electron chi connectivity index (χ2n) is 4.08. The molecule has 1 rings (SSSR count). The molecule has 0 unspecified atom stereocenters. The topological polar surface area (TPSA) is 69.4 Å². The average molecular weight is 199 g/mol. The zero-order valence-electron chi connectivity index (χ0n) is 8.92. The molecule has 1 aliphatic rings. The number of primary amides is 1. The van der Waals surface area contributed by atoms with Crippen molar-refractivity contribution >= 4 is 11.9 Å². The molecule has 14 heavy (non-hydrogen) atoms. The van der Waals surface area contributed by atoms with E-state index in [-0.39, 0.29) is 12.0 Å². The highest BCUT2D eigenvalue weighted by atomic mass is 16.5. The van der Waals surface area contributed by atoms with Crippen LogP contribution in [0.2, 0.25) is 0 Å². The zero-order valence-corrected chi connectivity index (χ0v) is 8.92. The minimum Gasteiger partial charge on any atom is -0.465 e. The second-order valence-corrected chi connectivity index (χ2v) is 4.08. The monoisotopic (exact) mass is 199 g/mol. The Labute approximate surface area is 83.8 Å². The molecular formula is C10H17NO3. The lowest BCUT2D eigenvalue weighted by atomic mass is 9.91. The van der Waals surface area contributed by atoms with E-state index < -0.39 is 17.3 Å². The number of carbonyl (C=O) groups is 2. The van der Waals surface area contributed by atoms with Gasteiger partial charge in [0.1, 0.15) is 0 Å². The maximum atomic E-state index is 11.6. The Balaban J connectivity index is 2.89. The van der Waals surface area contributed by atoms with Gasteiger partial charge in [0, 0.05) is 0 Å². The molecule has 0 bridgehead atoms. The van der Waals surface area contributed by atoms with Crippen LogP contribution in [-0.4, -0.2) is 18.5 Å². The minimum atomic E-state index is -1.06. The molecular weight excluding hydrogens is 182 g/mol. The van der Waals surface area contributed by atoms with E-state index in [9.17, 15) is 9.59 Å². The lowest BCUT2D eigenvalue weighted by molar-refractivity contribution is -0.155. The number of ether oxygens (including phenoxy) is 1. The number of rotatable bonds is 4. The van der Waals surface area contributed by atoms with Crippen LogP contribution in [0.15, 0.2) is 0 Å². The molecule has 0 saturated heterocycles. The molecule has 1 amide bonds. The van der Waals surface area contributed by atoms with E-state index in [2.05, 4.69) is 0 Å². The van der Waals surface area contributed by atoms with E-state index in [4.69, 9.17) is 10.5 Å². The predicted molar refractivity (Wildman–Crippen MR) is 51.3 cm³/mol. The molecule has 0 aliphatic heterocycles. The van der Waals surface area contributed by atoms with Crippen molar-refractivity contribution in [3.63, 3.8) is 0 Å². The molecule has 1 fully saturated rings. The second kappa shape index (κ2) is 3.26. The summed E-state index contributed by atoms with van der Waals surface area (Å²) in [6, 6.07) is 0. The third-order valence-corrected chi connectivity index (χ3v) is 3.39. The van der Waals surface area contributed by atoms with Crippen LogP contribution in [-0.2, 0) is 14.3 Å². The van der Waals surface area contributed by atoms with E-state index in [0.29, 0.717) is 6.42 Å². The molecule has 80 valence electrons. The van der Waals surface area contributed by atoms with Gasteiger partial charge in [-0.1, -0.05) is 13.8 Å². The van der Waals surface area contributed by atoms with Gasteiger partial charge in [-0.05, 0) is 25.2 Å². The quantitative estimate of drug-likeness (QED) is 0.539. The largest absolute Gasteiger partial charge is 0.465 e. The maximum Gasteiger partial charge on any atom is 0.322 e. The fourth-order valence-corrected chi connectivity index (χ4v) is 2.03. The van der Waals surface area contributed by atoms with Crippen LogP contribution in [0, 0.1) is 10.8 Å². The van der Waals surface area contributed by atoms with Crippen LogP contribution in [0.4, 0.5) is 0 Å². The van der Waals surface area contributed by atoms with Crippen molar-refractivity contribution in [2.24, 2.45) is 16.6 Å². The molecule has 0 spiro atoms. The van der Waals surface area contributed by atoms with Crippen molar-refractivity contribution in [3.05, 3.63) is 0 Å². The van der Waals surface area contributed by atoms with Crippen LogP contribution in [0.1, 0.15) is 33.6 Å². The molecule has 0 aromatic carbocycles. The summed E-state index contributed by atoms with van der Waals surface area (Å²) in [5.74, 6) is -1.02. The number of amides is 1.